The maximum atomic E-state index is 13.4. The molecule has 0 spiro atoms. The molecule has 0 aliphatic carbocycles. The summed E-state index contributed by atoms with van der Waals surface area (Å²) in [5.41, 5.74) is 1.86. The molecule has 1 aliphatic heterocycles. The van der Waals surface area contributed by atoms with E-state index in [2.05, 4.69) is 4.90 Å². The Hall–Kier alpha value is -1.75. The fraction of sp³-hybridized carbons (Fsp3) is 0.278. The highest BCUT2D eigenvalue weighted by Crippen LogP contribution is 2.18. The monoisotopic (exact) mass is 333 g/mol. The molecule has 1 heterocycles. The molecule has 120 valence electrons. The average Bonchev–Trinajstić information content (AvgIpc) is 2.54. The van der Waals surface area contributed by atoms with Crippen LogP contribution in [0.5, 0.6) is 0 Å². The standard InChI is InChI=1S/C18H17ClFNO2/c19-16-9-15(10-17(20)11-16)18(22)14-3-1-2-13(8-14)12-21-4-6-23-7-5-21/h1-3,8-11H,4-7,12H2. The SMILES string of the molecule is O=C(c1cc(F)cc(Cl)c1)c1cccc(CN2CCOCC2)c1. The normalized spacial score (nSPS) is 15.6. The van der Waals surface area contributed by atoms with E-state index in [0.717, 1.165) is 38.4 Å². The molecule has 1 aliphatic rings. The lowest BCUT2D eigenvalue weighted by molar-refractivity contribution is 0.0342. The molecule has 3 nitrogen and oxygen atoms in total. The Balaban J connectivity index is 1.79. The zero-order valence-electron chi connectivity index (χ0n) is 12.6. The summed E-state index contributed by atoms with van der Waals surface area (Å²) >= 11 is 5.83. The number of nitrogens with zero attached hydrogens (tertiary/aromatic N) is 1. The number of ketones is 1. The second-order valence-electron chi connectivity index (χ2n) is 5.58. The number of benzene rings is 2. The summed E-state index contributed by atoms with van der Waals surface area (Å²) in [4.78, 5) is 14.8. The largest absolute Gasteiger partial charge is 0.379 e. The molecule has 1 fully saturated rings. The third-order valence-electron chi connectivity index (χ3n) is 3.82. The fourth-order valence-corrected chi connectivity index (χ4v) is 2.90. The second-order valence-corrected chi connectivity index (χ2v) is 6.01. The van der Waals surface area contributed by atoms with Gasteiger partial charge in [0, 0.05) is 35.8 Å². The van der Waals surface area contributed by atoms with Crippen molar-refractivity contribution in [2.45, 2.75) is 6.54 Å². The number of rotatable bonds is 4. The van der Waals surface area contributed by atoms with Gasteiger partial charge in [-0.15, -0.1) is 0 Å². The van der Waals surface area contributed by atoms with E-state index < -0.39 is 5.82 Å². The van der Waals surface area contributed by atoms with Crippen LogP contribution in [0.4, 0.5) is 4.39 Å². The number of morpholine rings is 1. The minimum absolute atomic E-state index is 0.220. The first-order valence-corrected chi connectivity index (χ1v) is 7.89. The van der Waals surface area contributed by atoms with Gasteiger partial charge in [-0.1, -0.05) is 29.8 Å². The number of hydrogen-bond donors (Lipinski definition) is 0. The van der Waals surface area contributed by atoms with Gasteiger partial charge in [0.15, 0.2) is 5.78 Å². The van der Waals surface area contributed by atoms with E-state index in [-0.39, 0.29) is 16.4 Å². The van der Waals surface area contributed by atoms with Crippen molar-refractivity contribution in [1.82, 2.24) is 4.90 Å². The summed E-state index contributed by atoms with van der Waals surface area (Å²) in [5.74, 6) is -0.736. The third kappa shape index (κ3) is 4.16. The lowest BCUT2D eigenvalue weighted by Gasteiger charge is -2.26. The Morgan fingerprint density at radius 1 is 1.13 bits per heavy atom. The minimum atomic E-state index is -0.509. The van der Waals surface area contributed by atoms with Gasteiger partial charge in [0.1, 0.15) is 5.82 Å². The van der Waals surface area contributed by atoms with Crippen LogP contribution in [0.25, 0.3) is 0 Å². The Bertz CT molecular complexity index is 694. The van der Waals surface area contributed by atoms with Crippen LogP contribution in [-0.2, 0) is 11.3 Å². The predicted octanol–water partition coefficient (Wildman–Crippen LogP) is 3.54. The summed E-state index contributed by atoms with van der Waals surface area (Å²) in [6.45, 7) is 4.02. The van der Waals surface area contributed by atoms with Gasteiger partial charge < -0.3 is 4.74 Å². The molecule has 0 aromatic heterocycles. The Morgan fingerprint density at radius 3 is 2.65 bits per heavy atom. The number of hydrogen-bond acceptors (Lipinski definition) is 3. The number of carbonyl (C=O) groups excluding carboxylic acids is 1. The van der Waals surface area contributed by atoms with Crippen molar-refractivity contribution in [3.05, 3.63) is 70.0 Å². The lowest BCUT2D eigenvalue weighted by Crippen LogP contribution is -2.35. The molecule has 2 aromatic rings. The van der Waals surface area contributed by atoms with E-state index in [9.17, 15) is 9.18 Å². The number of ether oxygens (including phenoxy) is 1. The molecule has 2 aromatic carbocycles. The molecule has 1 saturated heterocycles. The first-order chi connectivity index (χ1) is 11.1. The molecule has 0 atom stereocenters. The molecular formula is C18H17ClFNO2. The molecule has 3 rings (SSSR count). The molecule has 0 N–H and O–H groups in total. The summed E-state index contributed by atoms with van der Waals surface area (Å²) in [7, 11) is 0. The maximum Gasteiger partial charge on any atom is 0.193 e. The minimum Gasteiger partial charge on any atom is -0.379 e. The lowest BCUT2D eigenvalue weighted by atomic mass is 10.0. The first kappa shape index (κ1) is 16.1. The van der Waals surface area contributed by atoms with Crippen LogP contribution in [0.3, 0.4) is 0 Å². The van der Waals surface area contributed by atoms with E-state index in [0.29, 0.717) is 5.56 Å². The molecule has 0 bridgehead atoms. The van der Waals surface area contributed by atoms with Crippen LogP contribution in [0.15, 0.2) is 42.5 Å². The zero-order chi connectivity index (χ0) is 16.2. The average molecular weight is 334 g/mol. The quantitative estimate of drug-likeness (QED) is 0.801. The van der Waals surface area contributed by atoms with E-state index in [1.807, 2.05) is 18.2 Å². The van der Waals surface area contributed by atoms with Crippen molar-refractivity contribution in [2.24, 2.45) is 0 Å². The first-order valence-electron chi connectivity index (χ1n) is 7.52. The molecule has 23 heavy (non-hydrogen) atoms. The van der Waals surface area contributed by atoms with E-state index in [1.165, 1.54) is 18.2 Å². The van der Waals surface area contributed by atoms with E-state index >= 15 is 0 Å². The van der Waals surface area contributed by atoms with Crippen molar-refractivity contribution in [3.8, 4) is 0 Å². The van der Waals surface area contributed by atoms with Crippen molar-refractivity contribution < 1.29 is 13.9 Å². The second kappa shape index (κ2) is 7.21. The summed E-state index contributed by atoms with van der Waals surface area (Å²) in [6.07, 6.45) is 0. The van der Waals surface area contributed by atoms with Crippen molar-refractivity contribution in [1.29, 1.82) is 0 Å². The van der Waals surface area contributed by atoms with E-state index in [4.69, 9.17) is 16.3 Å². The van der Waals surface area contributed by atoms with Gasteiger partial charge in [-0.05, 0) is 29.8 Å². The maximum absolute atomic E-state index is 13.4. The topological polar surface area (TPSA) is 29.5 Å². The van der Waals surface area contributed by atoms with Gasteiger partial charge in [-0.2, -0.15) is 0 Å². The molecule has 0 saturated carbocycles. The van der Waals surface area contributed by atoms with Gasteiger partial charge >= 0.3 is 0 Å². The van der Waals surface area contributed by atoms with Crippen molar-refractivity contribution >= 4 is 17.4 Å². The van der Waals surface area contributed by atoms with Crippen molar-refractivity contribution in [3.63, 3.8) is 0 Å². The molecule has 0 unspecified atom stereocenters. The smallest absolute Gasteiger partial charge is 0.193 e. The highest BCUT2D eigenvalue weighted by Gasteiger charge is 2.14. The molecule has 0 amide bonds. The Morgan fingerprint density at radius 2 is 1.91 bits per heavy atom. The van der Waals surface area contributed by atoms with Crippen LogP contribution in [0.1, 0.15) is 21.5 Å². The van der Waals surface area contributed by atoms with Gasteiger partial charge in [0.2, 0.25) is 0 Å². The fourth-order valence-electron chi connectivity index (χ4n) is 2.68. The summed E-state index contributed by atoms with van der Waals surface area (Å²) in [5, 5.41) is 0.220. The highest BCUT2D eigenvalue weighted by atomic mass is 35.5. The van der Waals surface area contributed by atoms with Gasteiger partial charge in [-0.3, -0.25) is 9.69 Å². The summed E-state index contributed by atoms with van der Waals surface area (Å²) < 4.78 is 18.8. The highest BCUT2D eigenvalue weighted by molar-refractivity contribution is 6.31. The van der Waals surface area contributed by atoms with E-state index in [1.54, 1.807) is 6.07 Å². The third-order valence-corrected chi connectivity index (χ3v) is 4.04. The predicted molar refractivity (Wildman–Crippen MR) is 87.4 cm³/mol. The van der Waals surface area contributed by atoms with Crippen LogP contribution in [-0.4, -0.2) is 37.0 Å². The van der Waals surface area contributed by atoms with Gasteiger partial charge in [0.25, 0.3) is 0 Å². The number of carbonyl (C=O) groups is 1. The van der Waals surface area contributed by atoms with Crippen molar-refractivity contribution in [2.75, 3.05) is 26.3 Å². The van der Waals surface area contributed by atoms with Crippen LogP contribution in [0.2, 0.25) is 5.02 Å². The molecule has 0 radical (unpaired) electrons. The Kier molecular flexibility index (Phi) is 5.06. The zero-order valence-corrected chi connectivity index (χ0v) is 13.4. The van der Waals surface area contributed by atoms with Gasteiger partial charge in [-0.25, -0.2) is 4.39 Å². The van der Waals surface area contributed by atoms with Crippen LogP contribution >= 0.6 is 11.6 Å². The Labute approximate surface area is 139 Å². The molecular weight excluding hydrogens is 317 g/mol. The van der Waals surface area contributed by atoms with Crippen LogP contribution < -0.4 is 0 Å². The van der Waals surface area contributed by atoms with Gasteiger partial charge in [0.05, 0.1) is 13.2 Å². The molecule has 5 heteroatoms. The summed E-state index contributed by atoms with van der Waals surface area (Å²) in [6, 6.07) is 11.3. The van der Waals surface area contributed by atoms with Crippen LogP contribution in [0, 0.1) is 5.82 Å². The number of halogens is 2.